The van der Waals surface area contributed by atoms with Gasteiger partial charge in [0, 0.05) is 48.4 Å². The lowest BCUT2D eigenvalue weighted by atomic mass is 10.0. The largest absolute Gasteiger partial charge is 0.315 e. The third-order valence-electron chi connectivity index (χ3n) is 6.04. The molecule has 2 N–H and O–H groups in total. The molecule has 38 heavy (non-hydrogen) atoms. The number of hydrogen-bond acceptors (Lipinski definition) is 6. The highest BCUT2D eigenvalue weighted by molar-refractivity contribution is 7.89. The number of benzene rings is 3. The van der Waals surface area contributed by atoms with Gasteiger partial charge in [0.25, 0.3) is 5.69 Å². The van der Waals surface area contributed by atoms with Crippen LogP contribution in [0, 0.1) is 17.0 Å². The van der Waals surface area contributed by atoms with Gasteiger partial charge in [0.05, 0.1) is 9.82 Å². The van der Waals surface area contributed by atoms with Gasteiger partial charge in [-0.15, -0.1) is 24.8 Å². The first kappa shape index (κ1) is 31.1. The monoisotopic (exact) mass is 576 g/mol. The molecule has 202 valence electrons. The zero-order valence-corrected chi connectivity index (χ0v) is 23.2. The van der Waals surface area contributed by atoms with Crippen LogP contribution in [0.3, 0.4) is 0 Å². The van der Waals surface area contributed by atoms with Crippen molar-refractivity contribution in [1.82, 2.24) is 15.0 Å². The normalized spacial score (nSPS) is 11.0. The van der Waals surface area contributed by atoms with Gasteiger partial charge < -0.3 is 5.32 Å². The molecule has 0 saturated heterocycles. The highest BCUT2D eigenvalue weighted by Gasteiger charge is 2.19. The molecular formula is C27H30Cl2N4O4S. The average Bonchev–Trinajstić information content (AvgIpc) is 2.88. The molecule has 0 amide bonds. The van der Waals surface area contributed by atoms with Crippen molar-refractivity contribution in [3.8, 4) is 11.1 Å². The van der Waals surface area contributed by atoms with Crippen molar-refractivity contribution in [2.45, 2.75) is 24.7 Å². The average molecular weight is 578 g/mol. The van der Waals surface area contributed by atoms with Gasteiger partial charge in [0.2, 0.25) is 10.0 Å². The molecule has 4 aromatic rings. The summed E-state index contributed by atoms with van der Waals surface area (Å²) in [7, 11) is -3.74. The zero-order chi connectivity index (χ0) is 25.5. The van der Waals surface area contributed by atoms with Crippen LogP contribution in [0.15, 0.2) is 84.0 Å². The number of hydrogen-bond donors (Lipinski definition) is 2. The molecule has 0 atom stereocenters. The molecule has 0 spiro atoms. The van der Waals surface area contributed by atoms with E-state index >= 15 is 0 Å². The number of pyridine rings is 1. The number of nitro benzene ring substituents is 1. The van der Waals surface area contributed by atoms with E-state index in [9.17, 15) is 18.5 Å². The van der Waals surface area contributed by atoms with E-state index < -0.39 is 14.9 Å². The summed E-state index contributed by atoms with van der Waals surface area (Å²) in [6.07, 6.45) is 4.89. The fourth-order valence-electron chi connectivity index (χ4n) is 4.15. The van der Waals surface area contributed by atoms with Crippen molar-refractivity contribution in [1.29, 1.82) is 0 Å². The molecular weight excluding hydrogens is 547 g/mol. The number of nitrogens with zero attached hydrogens (tertiary/aromatic N) is 2. The summed E-state index contributed by atoms with van der Waals surface area (Å²) in [5, 5.41) is 15.5. The molecule has 0 bridgehead atoms. The lowest BCUT2D eigenvalue weighted by molar-refractivity contribution is -0.384. The second-order valence-electron chi connectivity index (χ2n) is 8.56. The summed E-state index contributed by atoms with van der Waals surface area (Å²) in [5.41, 5.74) is 3.82. The molecule has 0 unspecified atom stereocenters. The zero-order valence-electron chi connectivity index (χ0n) is 20.8. The van der Waals surface area contributed by atoms with Gasteiger partial charge in [0.1, 0.15) is 0 Å². The quantitative estimate of drug-likeness (QED) is 0.139. The number of rotatable bonds is 11. The van der Waals surface area contributed by atoms with E-state index in [1.807, 2.05) is 43.3 Å². The number of nitro groups is 1. The Hall–Kier alpha value is -3.08. The van der Waals surface area contributed by atoms with E-state index in [-0.39, 0.29) is 41.9 Å². The molecule has 8 nitrogen and oxygen atoms in total. The second-order valence-corrected chi connectivity index (χ2v) is 10.3. The van der Waals surface area contributed by atoms with Crippen molar-refractivity contribution in [3.05, 3.63) is 100 Å². The number of non-ortho nitro benzene ring substituents is 1. The Bertz CT molecular complexity index is 1490. The van der Waals surface area contributed by atoms with Crippen LogP contribution in [-0.2, 0) is 16.4 Å². The molecule has 1 aromatic heterocycles. The Balaban J connectivity index is 0.00000253. The fourth-order valence-corrected chi connectivity index (χ4v) is 5.43. The van der Waals surface area contributed by atoms with Gasteiger partial charge in [-0.25, -0.2) is 13.1 Å². The summed E-state index contributed by atoms with van der Waals surface area (Å²) in [6.45, 7) is 3.31. The first-order valence-corrected chi connectivity index (χ1v) is 13.2. The predicted molar refractivity (Wildman–Crippen MR) is 156 cm³/mol. The molecule has 0 radical (unpaired) electrons. The SMILES string of the molecule is Cc1cc([N+](=O)[O-])ccc1CCCNCCNS(=O)(=O)c1cc(-c2ccccc2)cc2cnccc12.Cl.Cl. The van der Waals surface area contributed by atoms with E-state index in [4.69, 9.17) is 0 Å². The van der Waals surface area contributed by atoms with Gasteiger partial charge in [-0.3, -0.25) is 15.1 Å². The molecule has 0 aliphatic heterocycles. The lowest BCUT2D eigenvalue weighted by Gasteiger charge is -2.13. The van der Waals surface area contributed by atoms with Crippen LogP contribution in [0.2, 0.25) is 0 Å². The molecule has 0 aliphatic carbocycles. The third kappa shape index (κ3) is 7.72. The number of halogens is 2. The minimum absolute atomic E-state index is 0. The van der Waals surface area contributed by atoms with Crippen molar-refractivity contribution in [2.75, 3.05) is 19.6 Å². The van der Waals surface area contributed by atoms with Crippen LogP contribution >= 0.6 is 24.8 Å². The van der Waals surface area contributed by atoms with Crippen LogP contribution < -0.4 is 10.0 Å². The number of aromatic nitrogens is 1. The van der Waals surface area contributed by atoms with E-state index in [1.54, 1.807) is 36.7 Å². The maximum atomic E-state index is 13.2. The molecule has 11 heteroatoms. The fraction of sp³-hybridized carbons (Fsp3) is 0.222. The summed E-state index contributed by atoms with van der Waals surface area (Å²) >= 11 is 0. The smallest absolute Gasteiger partial charge is 0.269 e. The standard InChI is InChI=1S/C27H28N4O4S.2ClH/c1-20-16-25(31(32)33)10-9-21(20)8-5-12-28-14-15-30-36(34,35)27-18-23(22-6-3-2-4-7-22)17-24-19-29-13-11-26(24)27;;/h2-4,6-7,9-11,13,16-19,28,30H,5,8,12,14-15H2,1H3;2*1H. The summed E-state index contributed by atoms with van der Waals surface area (Å²) < 4.78 is 29.1. The van der Waals surface area contributed by atoms with Crippen molar-refractivity contribution in [3.63, 3.8) is 0 Å². The van der Waals surface area contributed by atoms with Gasteiger partial charge in [-0.05, 0) is 66.8 Å². The molecule has 4 rings (SSSR count). The third-order valence-corrected chi connectivity index (χ3v) is 7.54. The highest BCUT2D eigenvalue weighted by atomic mass is 35.5. The van der Waals surface area contributed by atoms with E-state index in [1.165, 1.54) is 6.07 Å². The van der Waals surface area contributed by atoms with Gasteiger partial charge >= 0.3 is 0 Å². The Labute approximate surface area is 234 Å². The number of sulfonamides is 1. The van der Waals surface area contributed by atoms with E-state index in [0.29, 0.717) is 18.5 Å². The van der Waals surface area contributed by atoms with Crippen LogP contribution in [0.1, 0.15) is 17.5 Å². The Morgan fingerprint density at radius 3 is 2.39 bits per heavy atom. The van der Waals surface area contributed by atoms with Crippen molar-refractivity contribution < 1.29 is 13.3 Å². The van der Waals surface area contributed by atoms with Crippen LogP contribution in [0.4, 0.5) is 5.69 Å². The second kappa shape index (κ2) is 14.2. The maximum absolute atomic E-state index is 13.2. The first-order chi connectivity index (χ1) is 17.3. The molecule has 0 fully saturated rings. The first-order valence-electron chi connectivity index (χ1n) is 11.7. The van der Waals surface area contributed by atoms with Crippen molar-refractivity contribution in [2.24, 2.45) is 0 Å². The summed E-state index contributed by atoms with van der Waals surface area (Å²) in [6, 6.07) is 19.9. The molecule has 0 saturated carbocycles. The molecule has 3 aromatic carbocycles. The Kier molecular flexibility index (Phi) is 11.6. The minimum Gasteiger partial charge on any atom is -0.315 e. The lowest BCUT2D eigenvalue weighted by Crippen LogP contribution is -2.32. The summed E-state index contributed by atoms with van der Waals surface area (Å²) in [4.78, 5) is 14.9. The Morgan fingerprint density at radius 1 is 0.921 bits per heavy atom. The summed E-state index contributed by atoms with van der Waals surface area (Å²) in [5.74, 6) is 0. The van der Waals surface area contributed by atoms with E-state index in [0.717, 1.165) is 40.5 Å². The predicted octanol–water partition coefficient (Wildman–Crippen LogP) is 5.46. The minimum atomic E-state index is -3.74. The molecule has 0 aliphatic rings. The van der Waals surface area contributed by atoms with Gasteiger partial charge in [0.15, 0.2) is 0 Å². The van der Waals surface area contributed by atoms with Gasteiger partial charge in [-0.1, -0.05) is 36.4 Å². The number of fused-ring (bicyclic) bond motifs is 1. The van der Waals surface area contributed by atoms with Crippen molar-refractivity contribution >= 4 is 51.3 Å². The van der Waals surface area contributed by atoms with Crippen LogP contribution in [-0.4, -0.2) is 38.0 Å². The van der Waals surface area contributed by atoms with Gasteiger partial charge in [-0.2, -0.15) is 0 Å². The Morgan fingerprint density at radius 2 is 1.68 bits per heavy atom. The van der Waals surface area contributed by atoms with E-state index in [2.05, 4.69) is 15.0 Å². The topological polar surface area (TPSA) is 114 Å². The van der Waals surface area contributed by atoms with Crippen LogP contribution in [0.25, 0.3) is 21.9 Å². The highest BCUT2D eigenvalue weighted by Crippen LogP contribution is 2.30. The maximum Gasteiger partial charge on any atom is 0.269 e. The van der Waals surface area contributed by atoms with Crippen LogP contribution in [0.5, 0.6) is 0 Å². The molecule has 1 heterocycles. The number of aryl methyl sites for hydroxylation is 2. The number of nitrogens with one attached hydrogen (secondary N) is 2.